The van der Waals surface area contributed by atoms with E-state index in [0.29, 0.717) is 29.5 Å². The number of carbonyl (C=O) groups is 1. The van der Waals surface area contributed by atoms with Gasteiger partial charge in [-0.3, -0.25) is 4.79 Å². The monoisotopic (exact) mass is 389 g/mol. The number of hydrogen-bond acceptors (Lipinski definition) is 5. The second-order valence-corrected chi connectivity index (χ2v) is 6.20. The molecule has 0 aromatic heterocycles. The van der Waals surface area contributed by atoms with Crippen LogP contribution in [-0.4, -0.2) is 33.5 Å². The average Bonchev–Trinajstić information content (AvgIpc) is 3.15. The number of ether oxygens (including phenoxy) is 4. The molecular weight excluding hydrogens is 370 g/mol. The third kappa shape index (κ3) is 4.65. The van der Waals surface area contributed by atoms with Gasteiger partial charge in [0.15, 0.2) is 11.5 Å². The summed E-state index contributed by atoms with van der Waals surface area (Å²) in [5, 5.41) is 3.30. The number of rotatable bonds is 7. The van der Waals surface area contributed by atoms with Crippen LogP contribution in [0, 0.1) is 0 Å². The summed E-state index contributed by atoms with van der Waals surface area (Å²) in [4.78, 5) is 12.1. The highest BCUT2D eigenvalue weighted by molar-refractivity contribution is 6.32. The zero-order valence-electron chi connectivity index (χ0n) is 15.1. The Balaban J connectivity index is 1.56. The molecule has 0 fully saturated rings. The van der Waals surface area contributed by atoms with Gasteiger partial charge in [-0.15, -0.1) is 0 Å². The van der Waals surface area contributed by atoms with Crippen LogP contribution in [0.4, 0.5) is 0 Å². The van der Waals surface area contributed by atoms with Gasteiger partial charge < -0.3 is 24.3 Å². The van der Waals surface area contributed by atoms with Gasteiger partial charge in [0.2, 0.25) is 12.7 Å². The summed E-state index contributed by atoms with van der Waals surface area (Å²) in [6.07, 6.45) is 3.75. The first kappa shape index (κ1) is 18.9. The number of methoxy groups -OCH3 is 2. The van der Waals surface area contributed by atoms with E-state index in [2.05, 4.69) is 5.32 Å². The molecule has 2 aromatic carbocycles. The van der Waals surface area contributed by atoms with Crippen LogP contribution in [0.15, 0.2) is 36.4 Å². The van der Waals surface area contributed by atoms with E-state index in [1.54, 1.807) is 32.4 Å². The van der Waals surface area contributed by atoms with Gasteiger partial charge >= 0.3 is 0 Å². The fourth-order valence-electron chi connectivity index (χ4n) is 2.71. The minimum atomic E-state index is -0.203. The molecule has 1 amide bonds. The molecule has 0 bridgehead atoms. The van der Waals surface area contributed by atoms with Gasteiger partial charge in [0, 0.05) is 12.6 Å². The Labute approximate surface area is 162 Å². The summed E-state index contributed by atoms with van der Waals surface area (Å²) in [5.41, 5.74) is 1.72. The van der Waals surface area contributed by atoms with Gasteiger partial charge in [0.05, 0.1) is 19.2 Å². The predicted octanol–water partition coefficient (Wildman–Crippen LogP) is 3.46. The second kappa shape index (κ2) is 8.68. The summed E-state index contributed by atoms with van der Waals surface area (Å²) >= 11 is 6.13. The van der Waals surface area contributed by atoms with E-state index in [1.165, 1.54) is 6.08 Å². The number of hydrogen-bond donors (Lipinski definition) is 1. The van der Waals surface area contributed by atoms with Crippen molar-refractivity contribution < 1.29 is 23.7 Å². The Kier molecular flexibility index (Phi) is 6.08. The van der Waals surface area contributed by atoms with Crippen LogP contribution in [-0.2, 0) is 11.2 Å². The fraction of sp³-hybridized carbons (Fsp3) is 0.250. The van der Waals surface area contributed by atoms with Crippen molar-refractivity contribution in [3.05, 3.63) is 52.6 Å². The average molecular weight is 390 g/mol. The first-order valence-electron chi connectivity index (χ1n) is 8.36. The van der Waals surface area contributed by atoms with Crippen molar-refractivity contribution in [1.29, 1.82) is 0 Å². The zero-order valence-corrected chi connectivity index (χ0v) is 15.8. The number of halogens is 1. The fourth-order valence-corrected chi connectivity index (χ4v) is 2.99. The van der Waals surface area contributed by atoms with Crippen LogP contribution in [0.2, 0.25) is 5.02 Å². The number of fused-ring (bicyclic) bond motifs is 1. The molecule has 2 aromatic rings. The van der Waals surface area contributed by atoms with Gasteiger partial charge in [-0.2, -0.15) is 0 Å². The predicted molar refractivity (Wildman–Crippen MR) is 103 cm³/mol. The summed E-state index contributed by atoms with van der Waals surface area (Å²) in [6, 6.07) is 9.08. The number of amides is 1. The van der Waals surface area contributed by atoms with Crippen molar-refractivity contribution in [2.45, 2.75) is 6.42 Å². The normalized spacial score (nSPS) is 12.3. The lowest BCUT2D eigenvalue weighted by atomic mass is 10.1. The van der Waals surface area contributed by atoms with E-state index in [9.17, 15) is 4.79 Å². The van der Waals surface area contributed by atoms with E-state index in [0.717, 1.165) is 22.6 Å². The van der Waals surface area contributed by atoms with Crippen LogP contribution in [0.3, 0.4) is 0 Å². The SMILES string of the molecule is COc1ccc(OC)c(CCNC(=O)/C=C/c2cc(Cl)c3c(c2)OCO3)c1. The molecule has 6 nitrogen and oxygen atoms in total. The maximum absolute atomic E-state index is 12.1. The Morgan fingerprint density at radius 3 is 2.85 bits per heavy atom. The molecule has 1 aliphatic rings. The molecule has 27 heavy (non-hydrogen) atoms. The Morgan fingerprint density at radius 1 is 1.22 bits per heavy atom. The van der Waals surface area contributed by atoms with Crippen molar-refractivity contribution in [2.75, 3.05) is 27.6 Å². The van der Waals surface area contributed by atoms with E-state index < -0.39 is 0 Å². The van der Waals surface area contributed by atoms with Gasteiger partial charge in [0.25, 0.3) is 0 Å². The Bertz CT molecular complexity index is 866. The molecule has 0 radical (unpaired) electrons. The maximum Gasteiger partial charge on any atom is 0.244 e. The largest absolute Gasteiger partial charge is 0.497 e. The van der Waals surface area contributed by atoms with Crippen molar-refractivity contribution in [3.63, 3.8) is 0 Å². The molecule has 0 atom stereocenters. The molecule has 0 aliphatic carbocycles. The highest BCUT2D eigenvalue weighted by Crippen LogP contribution is 2.40. The molecule has 1 N–H and O–H groups in total. The molecule has 1 heterocycles. The van der Waals surface area contributed by atoms with Crippen LogP contribution >= 0.6 is 11.6 Å². The van der Waals surface area contributed by atoms with Gasteiger partial charge in [0.1, 0.15) is 11.5 Å². The zero-order chi connectivity index (χ0) is 19.2. The van der Waals surface area contributed by atoms with Crippen molar-refractivity contribution in [1.82, 2.24) is 5.32 Å². The van der Waals surface area contributed by atoms with Crippen LogP contribution in [0.25, 0.3) is 6.08 Å². The molecule has 0 saturated heterocycles. The summed E-state index contributed by atoms with van der Waals surface area (Å²) in [5.74, 6) is 2.41. The number of nitrogens with one attached hydrogen (secondary N) is 1. The molecule has 0 unspecified atom stereocenters. The van der Waals surface area contributed by atoms with Crippen molar-refractivity contribution >= 4 is 23.6 Å². The minimum Gasteiger partial charge on any atom is -0.497 e. The van der Waals surface area contributed by atoms with Crippen LogP contribution in [0.1, 0.15) is 11.1 Å². The first-order valence-corrected chi connectivity index (χ1v) is 8.74. The standard InChI is InChI=1S/C20H20ClNO5/c1-24-15-4-5-17(25-2)14(11-15)7-8-22-19(23)6-3-13-9-16(21)20-18(10-13)26-12-27-20/h3-6,9-11H,7-8,12H2,1-2H3,(H,22,23)/b6-3+. The van der Waals surface area contributed by atoms with Crippen LogP contribution in [0.5, 0.6) is 23.0 Å². The molecule has 7 heteroatoms. The van der Waals surface area contributed by atoms with E-state index in [-0.39, 0.29) is 12.7 Å². The number of benzene rings is 2. The van der Waals surface area contributed by atoms with E-state index in [4.69, 9.17) is 30.5 Å². The second-order valence-electron chi connectivity index (χ2n) is 5.79. The molecule has 0 saturated carbocycles. The first-order chi connectivity index (χ1) is 13.1. The highest BCUT2D eigenvalue weighted by Gasteiger charge is 2.17. The van der Waals surface area contributed by atoms with Gasteiger partial charge in [-0.25, -0.2) is 0 Å². The minimum absolute atomic E-state index is 0.149. The maximum atomic E-state index is 12.1. The van der Waals surface area contributed by atoms with E-state index in [1.807, 2.05) is 18.2 Å². The summed E-state index contributed by atoms with van der Waals surface area (Å²) < 4.78 is 21.1. The quantitative estimate of drug-likeness (QED) is 0.734. The smallest absolute Gasteiger partial charge is 0.244 e. The third-order valence-electron chi connectivity index (χ3n) is 4.06. The summed E-state index contributed by atoms with van der Waals surface area (Å²) in [7, 11) is 3.23. The topological polar surface area (TPSA) is 66.0 Å². The lowest BCUT2D eigenvalue weighted by Gasteiger charge is -2.10. The molecular formula is C20H20ClNO5. The lowest BCUT2D eigenvalue weighted by molar-refractivity contribution is -0.116. The Hall–Kier alpha value is -2.86. The number of carbonyl (C=O) groups excluding carboxylic acids is 1. The van der Waals surface area contributed by atoms with Gasteiger partial charge in [-0.05, 0) is 54.0 Å². The molecule has 1 aliphatic heterocycles. The molecule has 3 rings (SSSR count). The lowest BCUT2D eigenvalue weighted by Crippen LogP contribution is -2.23. The van der Waals surface area contributed by atoms with Gasteiger partial charge in [-0.1, -0.05) is 11.6 Å². The molecule has 142 valence electrons. The third-order valence-corrected chi connectivity index (χ3v) is 4.34. The summed E-state index contributed by atoms with van der Waals surface area (Å²) in [6.45, 7) is 0.616. The van der Waals surface area contributed by atoms with E-state index >= 15 is 0 Å². The highest BCUT2D eigenvalue weighted by atomic mass is 35.5. The van der Waals surface area contributed by atoms with Crippen LogP contribution < -0.4 is 24.3 Å². The molecule has 0 spiro atoms. The van der Waals surface area contributed by atoms with Crippen molar-refractivity contribution in [3.8, 4) is 23.0 Å². The Morgan fingerprint density at radius 2 is 2.07 bits per heavy atom. The van der Waals surface area contributed by atoms with Crippen molar-refractivity contribution in [2.24, 2.45) is 0 Å².